The van der Waals surface area contributed by atoms with Crippen LogP contribution < -0.4 is 10.5 Å². The Morgan fingerprint density at radius 1 is 1.10 bits per heavy atom. The lowest BCUT2D eigenvalue weighted by atomic mass is 10.1. The van der Waals surface area contributed by atoms with Crippen LogP contribution >= 0.6 is 11.8 Å². The first-order valence-corrected chi connectivity index (χ1v) is 7.80. The van der Waals surface area contributed by atoms with Crippen molar-refractivity contribution in [3.63, 3.8) is 0 Å². The second-order valence-corrected chi connectivity index (χ2v) is 5.90. The third kappa shape index (κ3) is 3.70. The van der Waals surface area contributed by atoms with E-state index in [0.29, 0.717) is 6.61 Å². The van der Waals surface area contributed by atoms with E-state index in [-0.39, 0.29) is 0 Å². The lowest BCUT2D eigenvalue weighted by Gasteiger charge is -2.11. The maximum atomic E-state index is 6.15. The van der Waals surface area contributed by atoms with Crippen LogP contribution in [0.4, 0.5) is 5.69 Å². The van der Waals surface area contributed by atoms with Crippen molar-refractivity contribution in [2.75, 3.05) is 12.3 Å². The van der Waals surface area contributed by atoms with E-state index < -0.39 is 0 Å². The number of nitrogens with two attached hydrogens (primary N) is 1. The summed E-state index contributed by atoms with van der Waals surface area (Å²) in [4.78, 5) is 1.08. The summed E-state index contributed by atoms with van der Waals surface area (Å²) >= 11 is 1.75. The Bertz CT molecular complexity index is 575. The van der Waals surface area contributed by atoms with E-state index in [1.807, 2.05) is 25.1 Å². The Hall–Kier alpha value is -1.61. The van der Waals surface area contributed by atoms with Crippen molar-refractivity contribution in [3.8, 4) is 5.75 Å². The SMILES string of the molecule is CCOc1cccc(SCc2cc(C)cc(C)c2)c1N. The zero-order valence-electron chi connectivity index (χ0n) is 12.3. The second kappa shape index (κ2) is 6.71. The van der Waals surface area contributed by atoms with E-state index in [1.54, 1.807) is 11.8 Å². The van der Waals surface area contributed by atoms with Gasteiger partial charge in [0, 0.05) is 10.6 Å². The van der Waals surface area contributed by atoms with Crippen molar-refractivity contribution in [2.45, 2.75) is 31.4 Å². The first-order chi connectivity index (χ1) is 9.60. The lowest BCUT2D eigenvalue weighted by molar-refractivity contribution is 0.341. The maximum Gasteiger partial charge on any atom is 0.143 e. The van der Waals surface area contributed by atoms with Gasteiger partial charge in [-0.2, -0.15) is 0 Å². The molecule has 0 atom stereocenters. The molecule has 0 heterocycles. The molecule has 3 heteroatoms. The number of thioether (sulfide) groups is 1. The largest absolute Gasteiger partial charge is 0.492 e. The first kappa shape index (κ1) is 14.8. The zero-order chi connectivity index (χ0) is 14.5. The molecule has 2 nitrogen and oxygen atoms in total. The van der Waals surface area contributed by atoms with Gasteiger partial charge in [-0.3, -0.25) is 0 Å². The summed E-state index contributed by atoms with van der Waals surface area (Å²) in [5.74, 6) is 1.69. The van der Waals surface area contributed by atoms with Crippen LogP contribution in [0, 0.1) is 13.8 Å². The molecule has 0 radical (unpaired) electrons. The average molecular weight is 287 g/mol. The fourth-order valence-electron chi connectivity index (χ4n) is 2.24. The highest BCUT2D eigenvalue weighted by Crippen LogP contribution is 2.34. The van der Waals surface area contributed by atoms with Gasteiger partial charge < -0.3 is 10.5 Å². The van der Waals surface area contributed by atoms with Gasteiger partial charge in [-0.1, -0.05) is 35.4 Å². The summed E-state index contributed by atoms with van der Waals surface area (Å²) < 4.78 is 5.53. The van der Waals surface area contributed by atoms with E-state index >= 15 is 0 Å². The van der Waals surface area contributed by atoms with E-state index in [0.717, 1.165) is 22.1 Å². The van der Waals surface area contributed by atoms with Gasteiger partial charge in [0.25, 0.3) is 0 Å². The molecule has 0 aliphatic rings. The molecule has 0 aliphatic carbocycles. The van der Waals surface area contributed by atoms with Crippen LogP contribution in [0.25, 0.3) is 0 Å². The average Bonchev–Trinajstić information content (AvgIpc) is 2.39. The topological polar surface area (TPSA) is 35.2 Å². The fraction of sp³-hybridized carbons (Fsp3) is 0.294. The van der Waals surface area contributed by atoms with E-state index in [4.69, 9.17) is 10.5 Å². The summed E-state index contributed by atoms with van der Waals surface area (Å²) in [6.07, 6.45) is 0. The lowest BCUT2D eigenvalue weighted by Crippen LogP contribution is -1.98. The molecule has 2 N–H and O–H groups in total. The zero-order valence-corrected chi connectivity index (χ0v) is 13.1. The number of aryl methyl sites for hydroxylation is 2. The molecule has 0 bridgehead atoms. The van der Waals surface area contributed by atoms with Crippen LogP contribution in [0.5, 0.6) is 5.75 Å². The van der Waals surface area contributed by atoms with E-state index in [9.17, 15) is 0 Å². The number of benzene rings is 2. The molecule has 2 aromatic carbocycles. The van der Waals surface area contributed by atoms with E-state index in [2.05, 4.69) is 32.0 Å². The number of nitrogen functional groups attached to an aromatic ring is 1. The number of ether oxygens (including phenoxy) is 1. The third-order valence-electron chi connectivity index (χ3n) is 3.00. The minimum atomic E-state index is 0.634. The Labute approximate surface area is 125 Å². The Morgan fingerprint density at radius 2 is 1.80 bits per heavy atom. The third-order valence-corrected chi connectivity index (χ3v) is 4.15. The highest BCUT2D eigenvalue weighted by molar-refractivity contribution is 7.98. The van der Waals surface area contributed by atoms with E-state index in [1.165, 1.54) is 16.7 Å². The van der Waals surface area contributed by atoms with Gasteiger partial charge in [-0.15, -0.1) is 11.8 Å². The second-order valence-electron chi connectivity index (χ2n) is 4.89. The number of hydrogen-bond acceptors (Lipinski definition) is 3. The van der Waals surface area contributed by atoms with Gasteiger partial charge >= 0.3 is 0 Å². The number of para-hydroxylation sites is 1. The van der Waals surface area contributed by atoms with Crippen molar-refractivity contribution in [1.29, 1.82) is 0 Å². The molecule has 2 aromatic rings. The van der Waals surface area contributed by atoms with Gasteiger partial charge in [-0.05, 0) is 38.5 Å². The summed E-state index contributed by atoms with van der Waals surface area (Å²) in [5, 5.41) is 0. The Morgan fingerprint density at radius 3 is 2.45 bits per heavy atom. The van der Waals surface area contributed by atoms with Gasteiger partial charge in [0.15, 0.2) is 0 Å². The van der Waals surface area contributed by atoms with Crippen LogP contribution in [0.2, 0.25) is 0 Å². The number of anilines is 1. The molecule has 0 unspecified atom stereocenters. The Balaban J connectivity index is 2.12. The molecule has 0 spiro atoms. The van der Waals surface area contributed by atoms with Crippen LogP contribution in [-0.2, 0) is 5.75 Å². The fourth-order valence-corrected chi connectivity index (χ4v) is 3.16. The standard InChI is InChI=1S/C17H21NOS/c1-4-19-15-6-5-7-16(17(15)18)20-11-14-9-12(2)8-13(3)10-14/h5-10H,4,11,18H2,1-3H3. The van der Waals surface area contributed by atoms with Crippen molar-refractivity contribution in [3.05, 3.63) is 53.1 Å². The molecule has 106 valence electrons. The normalized spacial score (nSPS) is 10.6. The van der Waals surface area contributed by atoms with Crippen LogP contribution in [-0.4, -0.2) is 6.61 Å². The Kier molecular flexibility index (Phi) is 4.96. The number of hydrogen-bond donors (Lipinski definition) is 1. The highest BCUT2D eigenvalue weighted by atomic mass is 32.2. The van der Waals surface area contributed by atoms with Crippen LogP contribution in [0.1, 0.15) is 23.6 Å². The summed E-state index contributed by atoms with van der Waals surface area (Å²) in [6.45, 7) is 6.86. The predicted octanol–water partition coefficient (Wildman–Crippen LogP) is 4.58. The van der Waals surface area contributed by atoms with Gasteiger partial charge in [0.1, 0.15) is 5.75 Å². The highest BCUT2D eigenvalue weighted by Gasteiger charge is 2.07. The molecule has 0 fully saturated rings. The molecular formula is C17H21NOS. The summed E-state index contributed by atoms with van der Waals surface area (Å²) in [6, 6.07) is 12.6. The minimum Gasteiger partial charge on any atom is -0.492 e. The van der Waals surface area contributed by atoms with Gasteiger partial charge in [0.05, 0.1) is 12.3 Å². The molecule has 0 saturated heterocycles. The minimum absolute atomic E-state index is 0.634. The smallest absolute Gasteiger partial charge is 0.143 e. The molecule has 20 heavy (non-hydrogen) atoms. The van der Waals surface area contributed by atoms with Gasteiger partial charge in [0.2, 0.25) is 0 Å². The molecule has 0 aromatic heterocycles. The van der Waals surface area contributed by atoms with Crippen molar-refractivity contribution >= 4 is 17.4 Å². The monoisotopic (exact) mass is 287 g/mol. The molecule has 0 amide bonds. The van der Waals surface area contributed by atoms with Crippen molar-refractivity contribution < 1.29 is 4.74 Å². The van der Waals surface area contributed by atoms with Crippen molar-refractivity contribution in [1.82, 2.24) is 0 Å². The molecule has 0 saturated carbocycles. The first-order valence-electron chi connectivity index (χ1n) is 6.81. The van der Waals surface area contributed by atoms with Crippen LogP contribution in [0.15, 0.2) is 41.3 Å². The van der Waals surface area contributed by atoms with Crippen molar-refractivity contribution in [2.24, 2.45) is 0 Å². The molecule has 2 rings (SSSR count). The maximum absolute atomic E-state index is 6.15. The summed E-state index contributed by atoms with van der Waals surface area (Å²) in [5.41, 5.74) is 10.8. The van der Waals surface area contributed by atoms with Crippen LogP contribution in [0.3, 0.4) is 0 Å². The molecular weight excluding hydrogens is 266 g/mol. The summed E-state index contributed by atoms with van der Waals surface area (Å²) in [7, 11) is 0. The number of rotatable bonds is 5. The quantitative estimate of drug-likeness (QED) is 0.646. The van der Waals surface area contributed by atoms with Gasteiger partial charge in [-0.25, -0.2) is 0 Å². The predicted molar refractivity (Wildman–Crippen MR) is 87.5 cm³/mol. The molecule has 0 aliphatic heterocycles.